The molecule has 0 aliphatic rings. The fourth-order valence-electron chi connectivity index (χ4n) is 1.59. The molecule has 0 aliphatic carbocycles. The summed E-state index contributed by atoms with van der Waals surface area (Å²) in [5.74, 6) is 0. The van der Waals surface area contributed by atoms with Crippen LogP contribution in [0.3, 0.4) is 0 Å². The average molecular weight is 326 g/mol. The minimum absolute atomic E-state index is 0.0296. The van der Waals surface area contributed by atoms with Gasteiger partial charge in [-0.05, 0) is 18.6 Å². The van der Waals surface area contributed by atoms with Crippen LogP contribution in [-0.4, -0.2) is 20.1 Å². The van der Waals surface area contributed by atoms with Crippen molar-refractivity contribution in [2.45, 2.75) is 37.7 Å². The Hall–Kier alpha value is -0.330. The summed E-state index contributed by atoms with van der Waals surface area (Å²) in [6.07, 6.45) is 2.74. The molecule has 0 radical (unpaired) electrons. The summed E-state index contributed by atoms with van der Waals surface area (Å²) in [7, 11) is -3.67. The topological polar surface area (TPSA) is 66.4 Å². The number of hydrogen-bond acceptors (Lipinski definition) is 3. The van der Waals surface area contributed by atoms with Crippen molar-refractivity contribution >= 4 is 33.2 Å². The van der Waals surface area contributed by atoms with Crippen LogP contribution < -0.4 is 4.72 Å². The van der Waals surface area contributed by atoms with E-state index in [4.69, 9.17) is 28.3 Å². The Morgan fingerprint density at radius 1 is 1.26 bits per heavy atom. The molecule has 0 saturated heterocycles. The van der Waals surface area contributed by atoms with Gasteiger partial charge in [0.05, 0.1) is 11.6 Å². The summed E-state index contributed by atoms with van der Waals surface area (Å²) in [6.45, 7) is 2.00. The maximum atomic E-state index is 12.1. The molecule has 0 unspecified atom stereocenters. The van der Waals surface area contributed by atoms with Crippen molar-refractivity contribution in [1.29, 1.82) is 0 Å². The molecular weight excluding hydrogens is 309 g/mol. The predicted octanol–water partition coefficient (Wildman–Crippen LogP) is 2.95. The van der Waals surface area contributed by atoms with Crippen LogP contribution in [0.5, 0.6) is 0 Å². The van der Waals surface area contributed by atoms with Gasteiger partial charge in [0, 0.05) is 17.1 Å². The molecule has 1 aromatic rings. The van der Waals surface area contributed by atoms with Gasteiger partial charge < -0.3 is 5.11 Å². The Morgan fingerprint density at radius 3 is 2.53 bits per heavy atom. The highest BCUT2D eigenvalue weighted by Crippen LogP contribution is 2.30. The lowest BCUT2D eigenvalue weighted by molar-refractivity contribution is 0.281. The van der Waals surface area contributed by atoms with Gasteiger partial charge in [-0.15, -0.1) is 0 Å². The molecule has 0 aliphatic heterocycles. The van der Waals surface area contributed by atoms with E-state index in [0.717, 1.165) is 19.3 Å². The smallest absolute Gasteiger partial charge is 0.242 e. The Kier molecular flexibility index (Phi) is 6.56. The maximum Gasteiger partial charge on any atom is 0.242 e. The van der Waals surface area contributed by atoms with Crippen molar-refractivity contribution in [1.82, 2.24) is 4.72 Å². The zero-order chi connectivity index (χ0) is 14.5. The number of unbranched alkanes of at least 4 members (excludes halogenated alkanes) is 2. The Labute approximate surface area is 123 Å². The van der Waals surface area contributed by atoms with E-state index in [9.17, 15) is 8.42 Å². The van der Waals surface area contributed by atoms with E-state index in [2.05, 4.69) is 4.72 Å². The molecule has 0 aromatic heterocycles. The standard InChI is InChI=1S/C12H17Cl2NO3S/c1-2-3-4-7-15-19(17,18)11-6-5-10(13)9(8-16)12(11)14/h5-6,15-16H,2-4,7-8H2,1H3. The number of rotatable bonds is 7. The van der Waals surface area contributed by atoms with E-state index in [0.29, 0.717) is 6.54 Å². The molecule has 7 heteroatoms. The monoisotopic (exact) mass is 325 g/mol. The summed E-state index contributed by atoms with van der Waals surface area (Å²) in [5.41, 5.74) is 0.222. The van der Waals surface area contributed by atoms with Gasteiger partial charge in [0.2, 0.25) is 10.0 Å². The molecule has 1 rings (SSSR count). The molecule has 4 nitrogen and oxygen atoms in total. The number of nitrogens with one attached hydrogen (secondary N) is 1. The molecular formula is C12H17Cl2NO3S. The first-order valence-electron chi connectivity index (χ1n) is 6.01. The second-order valence-corrected chi connectivity index (χ2v) is 6.62. The van der Waals surface area contributed by atoms with Gasteiger partial charge in [-0.1, -0.05) is 43.0 Å². The van der Waals surface area contributed by atoms with Crippen LogP contribution in [0.4, 0.5) is 0 Å². The summed E-state index contributed by atoms with van der Waals surface area (Å²) >= 11 is 11.8. The number of halogens is 2. The molecule has 0 bridgehead atoms. The summed E-state index contributed by atoms with van der Waals surface area (Å²) in [4.78, 5) is -0.0564. The van der Waals surface area contributed by atoms with E-state index in [-0.39, 0.29) is 20.5 Å². The lowest BCUT2D eigenvalue weighted by Crippen LogP contribution is -2.25. The third-order valence-corrected chi connectivity index (χ3v) is 5.07. The summed E-state index contributed by atoms with van der Waals surface area (Å²) in [5, 5.41) is 9.37. The van der Waals surface area contributed by atoms with Crippen molar-refractivity contribution in [3.63, 3.8) is 0 Å². The van der Waals surface area contributed by atoms with Gasteiger partial charge in [-0.25, -0.2) is 13.1 Å². The summed E-state index contributed by atoms with van der Waals surface area (Å²) < 4.78 is 26.6. The molecule has 2 N–H and O–H groups in total. The minimum atomic E-state index is -3.67. The largest absolute Gasteiger partial charge is 0.392 e. The first-order valence-corrected chi connectivity index (χ1v) is 8.25. The molecule has 19 heavy (non-hydrogen) atoms. The van der Waals surface area contributed by atoms with Gasteiger partial charge in [0.25, 0.3) is 0 Å². The van der Waals surface area contributed by atoms with Crippen LogP contribution in [0, 0.1) is 0 Å². The second-order valence-electron chi connectivity index (χ2n) is 4.10. The van der Waals surface area contributed by atoms with E-state index in [1.54, 1.807) is 0 Å². The zero-order valence-electron chi connectivity index (χ0n) is 10.6. The molecule has 0 saturated carbocycles. The van der Waals surface area contributed by atoms with Crippen LogP contribution in [0.25, 0.3) is 0 Å². The fraction of sp³-hybridized carbons (Fsp3) is 0.500. The molecule has 0 heterocycles. The van der Waals surface area contributed by atoms with Crippen molar-refractivity contribution in [3.8, 4) is 0 Å². The number of aliphatic hydroxyl groups is 1. The fourth-order valence-corrected chi connectivity index (χ4v) is 3.56. The van der Waals surface area contributed by atoms with E-state index >= 15 is 0 Å². The van der Waals surface area contributed by atoms with Gasteiger partial charge >= 0.3 is 0 Å². The SMILES string of the molecule is CCCCCNS(=O)(=O)c1ccc(Cl)c(CO)c1Cl. The van der Waals surface area contributed by atoms with Crippen LogP contribution in [0.15, 0.2) is 17.0 Å². The lowest BCUT2D eigenvalue weighted by atomic mass is 10.2. The highest BCUT2D eigenvalue weighted by molar-refractivity contribution is 7.89. The van der Waals surface area contributed by atoms with Crippen LogP contribution in [0.2, 0.25) is 10.0 Å². The van der Waals surface area contributed by atoms with Crippen LogP contribution in [-0.2, 0) is 16.6 Å². The molecule has 0 spiro atoms. The van der Waals surface area contributed by atoms with E-state index in [1.165, 1.54) is 12.1 Å². The zero-order valence-corrected chi connectivity index (χ0v) is 12.9. The van der Waals surface area contributed by atoms with E-state index in [1.807, 2.05) is 6.92 Å². The highest BCUT2D eigenvalue weighted by atomic mass is 35.5. The van der Waals surface area contributed by atoms with Gasteiger partial charge in [-0.3, -0.25) is 0 Å². The quantitative estimate of drug-likeness (QED) is 0.757. The normalized spacial score (nSPS) is 11.8. The Balaban J connectivity index is 2.96. The van der Waals surface area contributed by atoms with Crippen molar-refractivity contribution in [2.75, 3.05) is 6.54 Å². The summed E-state index contributed by atoms with van der Waals surface area (Å²) in [6, 6.07) is 2.76. The minimum Gasteiger partial charge on any atom is -0.392 e. The predicted molar refractivity (Wildman–Crippen MR) is 77.1 cm³/mol. The number of sulfonamides is 1. The van der Waals surface area contributed by atoms with E-state index < -0.39 is 16.6 Å². The van der Waals surface area contributed by atoms with Crippen molar-refractivity contribution in [3.05, 3.63) is 27.7 Å². The Morgan fingerprint density at radius 2 is 1.95 bits per heavy atom. The number of hydrogen-bond donors (Lipinski definition) is 2. The average Bonchev–Trinajstić information content (AvgIpc) is 2.35. The van der Waals surface area contributed by atoms with Gasteiger partial charge in [0.1, 0.15) is 4.90 Å². The lowest BCUT2D eigenvalue weighted by Gasteiger charge is -2.11. The third-order valence-electron chi connectivity index (χ3n) is 2.67. The number of benzene rings is 1. The van der Waals surface area contributed by atoms with Crippen molar-refractivity contribution < 1.29 is 13.5 Å². The van der Waals surface area contributed by atoms with Crippen LogP contribution in [0.1, 0.15) is 31.7 Å². The molecule has 108 valence electrons. The van der Waals surface area contributed by atoms with Gasteiger partial charge in [0.15, 0.2) is 0 Å². The van der Waals surface area contributed by atoms with Gasteiger partial charge in [-0.2, -0.15) is 0 Å². The number of aliphatic hydroxyl groups excluding tert-OH is 1. The highest BCUT2D eigenvalue weighted by Gasteiger charge is 2.20. The first kappa shape index (κ1) is 16.7. The molecule has 1 aromatic carbocycles. The molecule has 0 amide bonds. The van der Waals surface area contributed by atoms with Crippen molar-refractivity contribution in [2.24, 2.45) is 0 Å². The Bertz CT molecular complexity index is 532. The molecule has 0 atom stereocenters. The molecule has 0 fully saturated rings. The maximum absolute atomic E-state index is 12.1. The first-order chi connectivity index (χ1) is 8.94. The second kappa shape index (κ2) is 7.45. The third kappa shape index (κ3) is 4.33. The van der Waals surface area contributed by atoms with Crippen LogP contribution >= 0.6 is 23.2 Å².